The fraction of sp³-hybridized carbons (Fsp3) is 0.583. The van der Waals surface area contributed by atoms with Crippen LogP contribution in [0.1, 0.15) is 26.2 Å². The molecule has 5 heteroatoms. The largest absolute Gasteiger partial charge is 0.380 e. The van der Waals surface area contributed by atoms with Gasteiger partial charge in [0.2, 0.25) is 0 Å². The first kappa shape index (κ1) is 13.1. The molecule has 0 saturated carbocycles. The Hall–Kier alpha value is -0.320. The molecule has 1 saturated heterocycles. The van der Waals surface area contributed by atoms with Crippen LogP contribution in [0.5, 0.6) is 0 Å². The summed E-state index contributed by atoms with van der Waals surface area (Å²) in [7, 11) is 0. The first-order chi connectivity index (χ1) is 8.15. The molecule has 2 heterocycles. The van der Waals surface area contributed by atoms with Crippen LogP contribution in [0.3, 0.4) is 0 Å². The van der Waals surface area contributed by atoms with Crippen molar-refractivity contribution < 1.29 is 0 Å². The standard InChI is InChI=1S/C12H17BrClN3/c1-8(5-10-3-2-4-15-10)17-11-6-9(14)7-16-12(11)13/h6-8,10,15,17H,2-5H2,1H3. The fourth-order valence-electron chi connectivity index (χ4n) is 2.23. The van der Waals surface area contributed by atoms with E-state index in [1.807, 2.05) is 6.07 Å². The summed E-state index contributed by atoms with van der Waals surface area (Å²) in [6, 6.07) is 2.95. The highest BCUT2D eigenvalue weighted by Gasteiger charge is 2.17. The van der Waals surface area contributed by atoms with Gasteiger partial charge < -0.3 is 10.6 Å². The van der Waals surface area contributed by atoms with Gasteiger partial charge in [0.25, 0.3) is 0 Å². The highest BCUT2D eigenvalue weighted by Crippen LogP contribution is 2.24. The monoisotopic (exact) mass is 317 g/mol. The summed E-state index contributed by atoms with van der Waals surface area (Å²) in [6.45, 7) is 3.34. The minimum atomic E-state index is 0.405. The van der Waals surface area contributed by atoms with Gasteiger partial charge in [0.05, 0.1) is 10.7 Å². The molecule has 1 aliphatic heterocycles. The van der Waals surface area contributed by atoms with E-state index in [4.69, 9.17) is 11.6 Å². The van der Waals surface area contributed by atoms with E-state index in [2.05, 4.69) is 38.5 Å². The van der Waals surface area contributed by atoms with Gasteiger partial charge in [-0.15, -0.1) is 0 Å². The average molecular weight is 319 g/mol. The summed E-state index contributed by atoms with van der Waals surface area (Å²) in [6.07, 6.45) is 5.33. The quantitative estimate of drug-likeness (QED) is 0.835. The number of hydrogen-bond acceptors (Lipinski definition) is 3. The summed E-state index contributed by atoms with van der Waals surface area (Å²) >= 11 is 9.36. The van der Waals surface area contributed by atoms with Crippen LogP contribution in [-0.4, -0.2) is 23.6 Å². The van der Waals surface area contributed by atoms with Crippen molar-refractivity contribution in [1.29, 1.82) is 0 Å². The van der Waals surface area contributed by atoms with E-state index in [9.17, 15) is 0 Å². The van der Waals surface area contributed by atoms with Gasteiger partial charge in [-0.05, 0) is 54.7 Å². The minimum absolute atomic E-state index is 0.405. The SMILES string of the molecule is CC(CC1CCCN1)Nc1cc(Cl)cnc1Br. The molecular weight excluding hydrogens is 302 g/mol. The third kappa shape index (κ3) is 3.83. The Morgan fingerprint density at radius 1 is 1.71 bits per heavy atom. The number of nitrogens with one attached hydrogen (secondary N) is 2. The van der Waals surface area contributed by atoms with Gasteiger partial charge in [-0.2, -0.15) is 0 Å². The van der Waals surface area contributed by atoms with Crippen molar-refractivity contribution in [3.05, 3.63) is 21.9 Å². The molecule has 0 spiro atoms. The van der Waals surface area contributed by atoms with Crippen molar-refractivity contribution in [2.24, 2.45) is 0 Å². The van der Waals surface area contributed by atoms with Gasteiger partial charge in [-0.1, -0.05) is 11.6 Å². The summed E-state index contributed by atoms with van der Waals surface area (Å²) in [5.74, 6) is 0. The number of nitrogens with zero attached hydrogens (tertiary/aromatic N) is 1. The molecule has 2 rings (SSSR count). The molecule has 2 atom stereocenters. The lowest BCUT2D eigenvalue weighted by Crippen LogP contribution is -2.29. The summed E-state index contributed by atoms with van der Waals surface area (Å²) < 4.78 is 0.813. The maximum atomic E-state index is 5.93. The summed E-state index contributed by atoms with van der Waals surface area (Å²) in [4.78, 5) is 4.17. The van der Waals surface area contributed by atoms with Gasteiger partial charge in [-0.25, -0.2) is 4.98 Å². The molecule has 1 aromatic rings. The Bertz CT molecular complexity index is 380. The number of pyridine rings is 1. The lowest BCUT2D eigenvalue weighted by molar-refractivity contribution is 0.523. The van der Waals surface area contributed by atoms with Crippen LogP contribution in [0.15, 0.2) is 16.9 Å². The maximum Gasteiger partial charge on any atom is 0.129 e. The number of hydrogen-bond donors (Lipinski definition) is 2. The van der Waals surface area contributed by atoms with Crippen LogP contribution in [0.4, 0.5) is 5.69 Å². The van der Waals surface area contributed by atoms with Crippen LogP contribution in [0.2, 0.25) is 5.02 Å². The molecule has 0 aliphatic carbocycles. The van der Waals surface area contributed by atoms with Crippen LogP contribution < -0.4 is 10.6 Å². The first-order valence-electron chi connectivity index (χ1n) is 5.96. The Balaban J connectivity index is 1.92. The van der Waals surface area contributed by atoms with E-state index in [0.717, 1.165) is 23.3 Å². The second-order valence-electron chi connectivity index (χ2n) is 4.57. The van der Waals surface area contributed by atoms with Crippen LogP contribution in [0, 0.1) is 0 Å². The van der Waals surface area contributed by atoms with Crippen molar-refractivity contribution >= 4 is 33.2 Å². The number of rotatable bonds is 4. The second kappa shape index (κ2) is 6.03. The molecule has 0 bridgehead atoms. The molecule has 0 amide bonds. The number of aromatic nitrogens is 1. The van der Waals surface area contributed by atoms with Crippen molar-refractivity contribution in [3.63, 3.8) is 0 Å². The topological polar surface area (TPSA) is 37.0 Å². The normalized spacial score (nSPS) is 21.5. The molecule has 2 unspecified atom stereocenters. The lowest BCUT2D eigenvalue weighted by Gasteiger charge is -2.19. The molecule has 94 valence electrons. The summed E-state index contributed by atoms with van der Waals surface area (Å²) in [5.41, 5.74) is 0.961. The van der Waals surface area contributed by atoms with Gasteiger partial charge in [0.15, 0.2) is 0 Å². The van der Waals surface area contributed by atoms with E-state index in [1.165, 1.54) is 12.8 Å². The molecular formula is C12H17BrClN3. The predicted molar refractivity (Wildman–Crippen MR) is 75.7 cm³/mol. The Morgan fingerprint density at radius 2 is 2.53 bits per heavy atom. The molecule has 3 nitrogen and oxygen atoms in total. The zero-order valence-electron chi connectivity index (χ0n) is 9.84. The molecule has 17 heavy (non-hydrogen) atoms. The third-order valence-corrected chi connectivity index (χ3v) is 3.85. The lowest BCUT2D eigenvalue weighted by atomic mass is 10.1. The predicted octanol–water partition coefficient (Wildman–Crippen LogP) is 3.44. The van der Waals surface area contributed by atoms with E-state index in [1.54, 1.807) is 6.20 Å². The third-order valence-electron chi connectivity index (χ3n) is 3.01. The van der Waals surface area contributed by atoms with Crippen molar-refractivity contribution in [2.75, 3.05) is 11.9 Å². The first-order valence-corrected chi connectivity index (χ1v) is 7.13. The van der Waals surface area contributed by atoms with Gasteiger partial charge in [-0.3, -0.25) is 0 Å². The van der Waals surface area contributed by atoms with E-state index >= 15 is 0 Å². The average Bonchev–Trinajstić information content (AvgIpc) is 2.76. The van der Waals surface area contributed by atoms with Gasteiger partial charge >= 0.3 is 0 Å². The Morgan fingerprint density at radius 3 is 3.24 bits per heavy atom. The van der Waals surface area contributed by atoms with Gasteiger partial charge in [0, 0.05) is 18.3 Å². The van der Waals surface area contributed by atoms with Gasteiger partial charge in [0.1, 0.15) is 4.60 Å². The summed E-state index contributed by atoms with van der Waals surface area (Å²) in [5, 5.41) is 7.60. The van der Waals surface area contributed by atoms with Crippen LogP contribution in [-0.2, 0) is 0 Å². The zero-order chi connectivity index (χ0) is 12.3. The number of halogens is 2. The highest BCUT2D eigenvalue weighted by molar-refractivity contribution is 9.10. The molecule has 1 aliphatic rings. The minimum Gasteiger partial charge on any atom is -0.380 e. The van der Waals surface area contributed by atoms with Crippen LogP contribution in [0.25, 0.3) is 0 Å². The second-order valence-corrected chi connectivity index (χ2v) is 5.75. The molecule has 2 N–H and O–H groups in total. The van der Waals surface area contributed by atoms with Crippen LogP contribution >= 0.6 is 27.5 Å². The Kier molecular flexibility index (Phi) is 4.65. The number of anilines is 1. The van der Waals surface area contributed by atoms with Crippen molar-refractivity contribution in [2.45, 2.75) is 38.3 Å². The smallest absolute Gasteiger partial charge is 0.129 e. The molecule has 1 aromatic heterocycles. The van der Waals surface area contributed by atoms with E-state index in [0.29, 0.717) is 17.1 Å². The maximum absolute atomic E-state index is 5.93. The molecule has 0 radical (unpaired) electrons. The van der Waals surface area contributed by atoms with Crippen molar-refractivity contribution in [3.8, 4) is 0 Å². The highest BCUT2D eigenvalue weighted by atomic mass is 79.9. The molecule has 0 aromatic carbocycles. The van der Waals surface area contributed by atoms with E-state index < -0.39 is 0 Å². The van der Waals surface area contributed by atoms with E-state index in [-0.39, 0.29) is 0 Å². The van der Waals surface area contributed by atoms with Crippen molar-refractivity contribution in [1.82, 2.24) is 10.3 Å². The fourth-order valence-corrected chi connectivity index (χ4v) is 2.72. The molecule has 1 fully saturated rings. The zero-order valence-corrected chi connectivity index (χ0v) is 12.2. The Labute approximate surface area is 115 Å².